The molecule has 0 aromatic carbocycles. The summed E-state index contributed by atoms with van der Waals surface area (Å²) in [7, 11) is 1.73. The standard InChI is InChI=1S/C20H28N4O3/c1-12-13(2)21-18-11-16(22-24(18)19(12)25)17-8-5-9-23(17)20(26)14-6-4-7-15(10-14)27-3/h11,14-15,17,22H,4-10H2,1-3H3. The van der Waals surface area contributed by atoms with Crippen LogP contribution in [-0.4, -0.2) is 45.2 Å². The molecule has 146 valence electrons. The quantitative estimate of drug-likeness (QED) is 0.898. The van der Waals surface area contributed by atoms with Crippen LogP contribution in [0.2, 0.25) is 0 Å². The average molecular weight is 372 g/mol. The number of hydrogen-bond acceptors (Lipinski definition) is 4. The lowest BCUT2D eigenvalue weighted by atomic mass is 9.86. The molecular weight excluding hydrogens is 344 g/mol. The second-order valence-electron chi connectivity index (χ2n) is 7.94. The van der Waals surface area contributed by atoms with Crippen LogP contribution < -0.4 is 5.56 Å². The molecule has 2 aliphatic rings. The second-order valence-corrected chi connectivity index (χ2v) is 7.94. The van der Waals surface area contributed by atoms with E-state index in [1.54, 1.807) is 14.0 Å². The van der Waals surface area contributed by atoms with Crippen LogP contribution in [0.15, 0.2) is 10.9 Å². The number of methoxy groups -OCH3 is 1. The van der Waals surface area contributed by atoms with Crippen LogP contribution in [0.5, 0.6) is 0 Å². The number of hydrogen-bond donors (Lipinski definition) is 1. The minimum Gasteiger partial charge on any atom is -0.381 e. The summed E-state index contributed by atoms with van der Waals surface area (Å²) in [5.74, 6) is 0.268. The van der Waals surface area contributed by atoms with Gasteiger partial charge in [-0.25, -0.2) is 9.50 Å². The Bertz CT molecular complexity index is 916. The van der Waals surface area contributed by atoms with E-state index in [9.17, 15) is 9.59 Å². The Morgan fingerprint density at radius 2 is 2.07 bits per heavy atom. The number of fused-ring (bicyclic) bond motifs is 1. The molecule has 2 fully saturated rings. The summed E-state index contributed by atoms with van der Waals surface area (Å²) in [5, 5.41) is 3.20. The number of likely N-dealkylation sites (tertiary alicyclic amines) is 1. The molecule has 1 aliphatic heterocycles. The highest BCUT2D eigenvalue weighted by molar-refractivity contribution is 5.79. The summed E-state index contributed by atoms with van der Waals surface area (Å²) in [6.07, 6.45) is 5.91. The SMILES string of the molecule is COC1CCCC(C(=O)N2CCCC2c2cc3nc(C)c(C)c(=O)n3[nH]2)C1. The second kappa shape index (κ2) is 7.11. The Morgan fingerprint density at radius 1 is 1.26 bits per heavy atom. The normalized spacial score (nSPS) is 26.0. The molecule has 3 atom stereocenters. The fourth-order valence-corrected chi connectivity index (χ4v) is 4.58. The van der Waals surface area contributed by atoms with E-state index in [4.69, 9.17) is 4.74 Å². The number of aryl methyl sites for hydroxylation is 1. The number of carbonyl (C=O) groups excluding carboxylic acids is 1. The van der Waals surface area contributed by atoms with Crippen molar-refractivity contribution in [3.05, 3.63) is 33.4 Å². The predicted octanol–water partition coefficient (Wildman–Crippen LogP) is 2.51. The first-order chi connectivity index (χ1) is 13.0. The highest BCUT2D eigenvalue weighted by Crippen LogP contribution is 2.36. The van der Waals surface area contributed by atoms with Gasteiger partial charge in [0.15, 0.2) is 5.65 Å². The van der Waals surface area contributed by atoms with Crippen LogP contribution in [0, 0.1) is 19.8 Å². The highest BCUT2D eigenvalue weighted by atomic mass is 16.5. The maximum Gasteiger partial charge on any atom is 0.275 e. The van der Waals surface area contributed by atoms with Gasteiger partial charge in [-0.1, -0.05) is 6.42 Å². The zero-order valence-electron chi connectivity index (χ0n) is 16.3. The van der Waals surface area contributed by atoms with Gasteiger partial charge < -0.3 is 9.64 Å². The van der Waals surface area contributed by atoms with Crippen molar-refractivity contribution in [3.8, 4) is 0 Å². The summed E-state index contributed by atoms with van der Waals surface area (Å²) in [4.78, 5) is 32.2. The van der Waals surface area contributed by atoms with Crippen molar-refractivity contribution in [1.29, 1.82) is 0 Å². The van der Waals surface area contributed by atoms with Gasteiger partial charge in [0.05, 0.1) is 17.8 Å². The first-order valence-electron chi connectivity index (χ1n) is 9.91. The van der Waals surface area contributed by atoms with Crippen molar-refractivity contribution in [2.24, 2.45) is 5.92 Å². The number of carbonyl (C=O) groups is 1. The number of aromatic nitrogens is 3. The number of rotatable bonds is 3. The van der Waals surface area contributed by atoms with Gasteiger partial charge in [-0.15, -0.1) is 0 Å². The van der Waals surface area contributed by atoms with E-state index in [2.05, 4.69) is 10.1 Å². The summed E-state index contributed by atoms with van der Waals surface area (Å²) < 4.78 is 7.00. The first-order valence-corrected chi connectivity index (χ1v) is 9.91. The van der Waals surface area contributed by atoms with Crippen LogP contribution in [0.4, 0.5) is 0 Å². The van der Waals surface area contributed by atoms with E-state index in [0.29, 0.717) is 11.2 Å². The molecule has 0 spiro atoms. The van der Waals surface area contributed by atoms with Crippen molar-refractivity contribution in [2.75, 3.05) is 13.7 Å². The maximum atomic E-state index is 13.2. The largest absolute Gasteiger partial charge is 0.381 e. The van der Waals surface area contributed by atoms with E-state index < -0.39 is 0 Å². The zero-order chi connectivity index (χ0) is 19.1. The number of H-pyrrole nitrogens is 1. The van der Waals surface area contributed by atoms with Crippen molar-refractivity contribution in [2.45, 2.75) is 64.5 Å². The lowest BCUT2D eigenvalue weighted by Crippen LogP contribution is -2.39. The lowest BCUT2D eigenvalue weighted by molar-refractivity contribution is -0.139. The van der Waals surface area contributed by atoms with E-state index in [0.717, 1.165) is 56.5 Å². The Morgan fingerprint density at radius 3 is 2.85 bits per heavy atom. The van der Waals surface area contributed by atoms with Gasteiger partial charge in [-0.05, 0) is 46.0 Å². The molecule has 1 saturated heterocycles. The molecule has 2 aromatic heterocycles. The number of nitrogens with zero attached hydrogens (tertiary/aromatic N) is 3. The van der Waals surface area contributed by atoms with Gasteiger partial charge in [-0.3, -0.25) is 14.7 Å². The van der Waals surface area contributed by atoms with E-state index in [1.165, 1.54) is 4.52 Å². The molecule has 7 nitrogen and oxygen atoms in total. The molecule has 2 aromatic rings. The monoisotopic (exact) mass is 372 g/mol. The molecule has 0 radical (unpaired) electrons. The zero-order valence-corrected chi connectivity index (χ0v) is 16.3. The third kappa shape index (κ3) is 3.18. The molecule has 1 saturated carbocycles. The molecule has 7 heteroatoms. The number of amides is 1. The third-order valence-electron chi connectivity index (χ3n) is 6.31. The van der Waals surface area contributed by atoms with Crippen LogP contribution >= 0.6 is 0 Å². The smallest absolute Gasteiger partial charge is 0.275 e. The van der Waals surface area contributed by atoms with Gasteiger partial charge in [0.2, 0.25) is 5.91 Å². The first kappa shape index (κ1) is 18.2. The van der Waals surface area contributed by atoms with E-state index in [1.807, 2.05) is 17.9 Å². The summed E-state index contributed by atoms with van der Waals surface area (Å²) in [6.45, 7) is 4.41. The molecule has 0 bridgehead atoms. The summed E-state index contributed by atoms with van der Waals surface area (Å²) >= 11 is 0. The topological polar surface area (TPSA) is 79.7 Å². The average Bonchev–Trinajstić information content (AvgIpc) is 3.32. The lowest BCUT2D eigenvalue weighted by Gasteiger charge is -2.32. The van der Waals surface area contributed by atoms with Gasteiger partial charge in [-0.2, -0.15) is 0 Å². The fraction of sp³-hybridized carbons (Fsp3) is 0.650. The fourth-order valence-electron chi connectivity index (χ4n) is 4.58. The molecule has 27 heavy (non-hydrogen) atoms. The van der Waals surface area contributed by atoms with Crippen LogP contribution in [0.3, 0.4) is 0 Å². The third-order valence-corrected chi connectivity index (χ3v) is 6.31. The molecule has 3 heterocycles. The van der Waals surface area contributed by atoms with Crippen LogP contribution in [0.1, 0.15) is 61.5 Å². The Kier molecular flexibility index (Phi) is 4.80. The van der Waals surface area contributed by atoms with Gasteiger partial charge >= 0.3 is 0 Å². The van der Waals surface area contributed by atoms with Crippen LogP contribution in [-0.2, 0) is 9.53 Å². The predicted molar refractivity (Wildman–Crippen MR) is 102 cm³/mol. The minimum atomic E-state index is -0.0742. The van der Waals surface area contributed by atoms with E-state index >= 15 is 0 Å². The maximum absolute atomic E-state index is 13.2. The summed E-state index contributed by atoms with van der Waals surface area (Å²) in [6, 6.07) is 1.91. The van der Waals surface area contributed by atoms with E-state index in [-0.39, 0.29) is 29.5 Å². The van der Waals surface area contributed by atoms with Gasteiger partial charge in [0.25, 0.3) is 5.56 Å². The van der Waals surface area contributed by atoms with Crippen molar-refractivity contribution in [3.63, 3.8) is 0 Å². The van der Waals surface area contributed by atoms with Crippen LogP contribution in [0.25, 0.3) is 5.65 Å². The van der Waals surface area contributed by atoms with Gasteiger partial charge in [0.1, 0.15) is 0 Å². The number of nitrogens with one attached hydrogen (secondary N) is 1. The van der Waals surface area contributed by atoms with Gasteiger partial charge in [0, 0.05) is 36.9 Å². The molecule has 1 aliphatic carbocycles. The molecule has 4 rings (SSSR count). The number of ether oxygens (including phenoxy) is 1. The van der Waals surface area contributed by atoms with Crippen molar-refractivity contribution >= 4 is 11.6 Å². The molecule has 1 amide bonds. The van der Waals surface area contributed by atoms with Crippen molar-refractivity contribution in [1.82, 2.24) is 19.5 Å². The minimum absolute atomic E-state index is 0.0119. The molecular formula is C20H28N4O3. The molecule has 3 unspecified atom stereocenters. The summed E-state index contributed by atoms with van der Waals surface area (Å²) in [5.41, 5.74) is 2.84. The Hall–Kier alpha value is -2.15. The Labute approximate surface area is 158 Å². The number of aromatic amines is 1. The van der Waals surface area contributed by atoms with Crippen molar-refractivity contribution < 1.29 is 9.53 Å². The highest BCUT2D eigenvalue weighted by Gasteiger charge is 2.37. The molecule has 1 N–H and O–H groups in total. The Balaban J connectivity index is 1.61.